The molecule has 0 saturated carbocycles. The van der Waals surface area contributed by atoms with Gasteiger partial charge in [0.15, 0.2) is 13.2 Å². The Morgan fingerprint density at radius 2 is 1.25 bits per heavy atom. The van der Waals surface area contributed by atoms with Crippen molar-refractivity contribution in [1.82, 2.24) is 4.67 Å². The fraction of sp³-hybridized carbons (Fsp3) is 1.00. The molecule has 0 atom stereocenters. The number of alkyl halides is 6. The summed E-state index contributed by atoms with van der Waals surface area (Å²) in [4.78, 5) is 0. The minimum Gasteiger partial charge on any atom is -0.287 e. The van der Waals surface area contributed by atoms with Crippen LogP contribution in [0.2, 0.25) is 0 Å². The molecule has 0 radical (unpaired) electrons. The summed E-state index contributed by atoms with van der Waals surface area (Å²) in [5.41, 5.74) is 0. The van der Waals surface area contributed by atoms with Gasteiger partial charge in [-0.2, -0.15) is 26.3 Å². The predicted molar refractivity (Wildman–Crippen MR) is 57.0 cm³/mol. The summed E-state index contributed by atoms with van der Waals surface area (Å²) in [7, 11) is -4.59. The molecule has 0 bridgehead atoms. The maximum Gasteiger partial charge on any atom is 0.412 e. The molecule has 1 fully saturated rings. The molecule has 0 spiro atoms. The monoisotopic (exact) mass is 329 g/mol. The molecule has 120 valence electrons. The van der Waals surface area contributed by atoms with Gasteiger partial charge in [-0.15, -0.1) is 0 Å². The summed E-state index contributed by atoms with van der Waals surface area (Å²) in [5, 5.41) is 0. The molecule has 0 aromatic heterocycles. The second-order valence-corrected chi connectivity index (χ2v) is 6.28. The Morgan fingerprint density at radius 3 is 1.60 bits per heavy atom. The third-order valence-electron chi connectivity index (χ3n) is 2.46. The van der Waals surface area contributed by atoms with Gasteiger partial charge in [0.2, 0.25) is 0 Å². The fourth-order valence-corrected chi connectivity index (χ4v) is 3.43. The van der Waals surface area contributed by atoms with E-state index >= 15 is 0 Å². The van der Waals surface area contributed by atoms with Crippen LogP contribution in [0, 0.1) is 0 Å². The maximum atomic E-state index is 12.1. The summed E-state index contributed by atoms with van der Waals surface area (Å²) in [6, 6.07) is 0. The highest BCUT2D eigenvalue weighted by Crippen LogP contribution is 2.54. The highest BCUT2D eigenvalue weighted by atomic mass is 31.2. The van der Waals surface area contributed by atoms with Crippen molar-refractivity contribution in [3.05, 3.63) is 0 Å². The van der Waals surface area contributed by atoms with Crippen LogP contribution in [-0.4, -0.2) is 43.3 Å². The second kappa shape index (κ2) is 6.64. The van der Waals surface area contributed by atoms with Crippen LogP contribution in [0.4, 0.5) is 26.3 Å². The van der Waals surface area contributed by atoms with Gasteiger partial charge in [0.1, 0.15) is 0 Å². The van der Waals surface area contributed by atoms with E-state index in [-0.39, 0.29) is 13.1 Å². The molecule has 11 heteroatoms. The van der Waals surface area contributed by atoms with E-state index < -0.39 is 33.3 Å². The zero-order valence-electron chi connectivity index (χ0n) is 10.3. The SMILES string of the molecule is O=P(OCC(F)(F)F)(OCC(F)(F)F)N1CCCCC1. The van der Waals surface area contributed by atoms with Gasteiger partial charge in [-0.3, -0.25) is 9.05 Å². The van der Waals surface area contributed by atoms with E-state index in [0.29, 0.717) is 12.8 Å². The Labute approximate surface area is 111 Å². The topological polar surface area (TPSA) is 38.8 Å². The van der Waals surface area contributed by atoms with Gasteiger partial charge < -0.3 is 0 Å². The second-order valence-electron chi connectivity index (χ2n) is 4.26. The quantitative estimate of drug-likeness (QED) is 0.569. The van der Waals surface area contributed by atoms with Gasteiger partial charge >= 0.3 is 20.1 Å². The van der Waals surface area contributed by atoms with Crippen molar-refractivity contribution in [2.45, 2.75) is 31.6 Å². The Morgan fingerprint density at radius 1 is 0.850 bits per heavy atom. The molecule has 0 aromatic carbocycles. The summed E-state index contributed by atoms with van der Waals surface area (Å²) < 4.78 is 93.9. The average Bonchev–Trinajstić information content (AvgIpc) is 2.33. The van der Waals surface area contributed by atoms with Crippen LogP contribution >= 0.6 is 7.75 Å². The van der Waals surface area contributed by atoms with Gasteiger partial charge in [-0.05, 0) is 12.8 Å². The molecular formula is C9H14F6NO3P. The third kappa shape index (κ3) is 6.43. The fourth-order valence-electron chi connectivity index (χ4n) is 1.63. The third-order valence-corrected chi connectivity index (χ3v) is 4.47. The van der Waals surface area contributed by atoms with Gasteiger partial charge in [0, 0.05) is 13.1 Å². The summed E-state index contributed by atoms with van der Waals surface area (Å²) in [6.45, 7) is -3.68. The summed E-state index contributed by atoms with van der Waals surface area (Å²) in [5.74, 6) is 0. The zero-order chi connectivity index (χ0) is 15.4. The van der Waals surface area contributed by atoms with Gasteiger partial charge in [0.25, 0.3) is 0 Å². The minimum atomic E-state index is -4.80. The molecule has 4 nitrogen and oxygen atoms in total. The van der Waals surface area contributed by atoms with Gasteiger partial charge in [0.05, 0.1) is 0 Å². The zero-order valence-corrected chi connectivity index (χ0v) is 11.2. The first kappa shape index (κ1) is 17.7. The molecule has 1 saturated heterocycles. The van der Waals surface area contributed by atoms with Crippen molar-refractivity contribution in [3.8, 4) is 0 Å². The lowest BCUT2D eigenvalue weighted by Crippen LogP contribution is -2.32. The average molecular weight is 329 g/mol. The lowest BCUT2D eigenvalue weighted by atomic mass is 10.2. The molecule has 1 aliphatic rings. The molecular weight excluding hydrogens is 315 g/mol. The lowest BCUT2D eigenvalue weighted by molar-refractivity contribution is -0.168. The van der Waals surface area contributed by atoms with Crippen LogP contribution in [-0.2, 0) is 13.6 Å². The highest BCUT2D eigenvalue weighted by molar-refractivity contribution is 7.51. The Balaban J connectivity index is 2.73. The van der Waals surface area contributed by atoms with Crippen molar-refractivity contribution in [2.75, 3.05) is 26.3 Å². The first-order valence-corrected chi connectivity index (χ1v) is 7.29. The largest absolute Gasteiger partial charge is 0.412 e. The summed E-state index contributed by atoms with van der Waals surface area (Å²) in [6.07, 6.45) is -7.82. The van der Waals surface area contributed by atoms with E-state index in [9.17, 15) is 30.9 Å². The van der Waals surface area contributed by atoms with Crippen molar-refractivity contribution < 1.29 is 40.0 Å². The van der Waals surface area contributed by atoms with Crippen molar-refractivity contribution >= 4 is 7.75 Å². The Bertz CT molecular complexity index is 331. The normalized spacial score (nSPS) is 19.3. The summed E-state index contributed by atoms with van der Waals surface area (Å²) >= 11 is 0. The molecule has 0 aliphatic carbocycles. The van der Waals surface area contributed by atoms with Gasteiger partial charge in [-0.1, -0.05) is 6.42 Å². The number of hydrogen-bond acceptors (Lipinski definition) is 3. The maximum absolute atomic E-state index is 12.1. The first-order chi connectivity index (χ1) is 9.02. The van der Waals surface area contributed by atoms with E-state index in [1.165, 1.54) is 0 Å². The molecule has 20 heavy (non-hydrogen) atoms. The smallest absolute Gasteiger partial charge is 0.287 e. The number of nitrogens with zero attached hydrogens (tertiary/aromatic N) is 1. The highest BCUT2D eigenvalue weighted by Gasteiger charge is 2.42. The van der Waals surface area contributed by atoms with E-state index in [0.717, 1.165) is 11.1 Å². The van der Waals surface area contributed by atoms with Crippen molar-refractivity contribution in [3.63, 3.8) is 0 Å². The number of hydrogen-bond donors (Lipinski definition) is 0. The Kier molecular flexibility index (Phi) is 5.89. The number of halogens is 6. The van der Waals surface area contributed by atoms with Crippen molar-refractivity contribution in [2.24, 2.45) is 0 Å². The van der Waals surface area contributed by atoms with Crippen LogP contribution in [0.25, 0.3) is 0 Å². The van der Waals surface area contributed by atoms with E-state index in [2.05, 4.69) is 9.05 Å². The number of piperidine rings is 1. The lowest BCUT2D eigenvalue weighted by Gasteiger charge is -2.32. The molecule has 1 heterocycles. The minimum absolute atomic E-state index is 0.0764. The van der Waals surface area contributed by atoms with E-state index in [1.807, 2.05) is 0 Å². The Hall–Kier alpha value is -0.310. The van der Waals surface area contributed by atoms with Crippen LogP contribution in [0.5, 0.6) is 0 Å². The first-order valence-electron chi connectivity index (χ1n) is 5.80. The molecule has 1 aliphatic heterocycles. The number of rotatable bonds is 5. The van der Waals surface area contributed by atoms with Crippen molar-refractivity contribution in [1.29, 1.82) is 0 Å². The van der Waals surface area contributed by atoms with Crippen LogP contribution in [0.15, 0.2) is 0 Å². The van der Waals surface area contributed by atoms with Gasteiger partial charge in [-0.25, -0.2) is 9.24 Å². The molecule has 0 unspecified atom stereocenters. The molecule has 0 N–H and O–H groups in total. The molecule has 0 amide bonds. The van der Waals surface area contributed by atoms with Crippen LogP contribution in [0.1, 0.15) is 19.3 Å². The van der Waals surface area contributed by atoms with Crippen LogP contribution < -0.4 is 0 Å². The molecule has 0 aromatic rings. The van der Waals surface area contributed by atoms with Crippen LogP contribution in [0.3, 0.4) is 0 Å². The predicted octanol–water partition coefficient (Wildman–Crippen LogP) is 3.74. The van der Waals surface area contributed by atoms with E-state index in [4.69, 9.17) is 0 Å². The molecule has 1 rings (SSSR count). The van der Waals surface area contributed by atoms with E-state index in [1.54, 1.807) is 0 Å². The standard InChI is InChI=1S/C9H14F6NO3P/c10-8(11,12)6-18-20(17,19-7-9(13,14)15)16-4-2-1-3-5-16/h1-7H2.